The van der Waals surface area contributed by atoms with Gasteiger partial charge in [0.05, 0.1) is 7.11 Å². The van der Waals surface area contributed by atoms with Crippen molar-refractivity contribution in [2.24, 2.45) is 0 Å². The van der Waals surface area contributed by atoms with Gasteiger partial charge < -0.3 is 14.5 Å². The molecule has 0 aliphatic carbocycles. The quantitative estimate of drug-likeness (QED) is 0.788. The molecule has 1 amide bonds. The van der Waals surface area contributed by atoms with E-state index in [1.54, 1.807) is 13.2 Å². The number of hydrogen-bond donors (Lipinski definition) is 1. The number of hydrogen-bond acceptors (Lipinski definition) is 5. The number of nitrogens with one attached hydrogen (secondary N) is 1. The van der Waals surface area contributed by atoms with Crippen molar-refractivity contribution in [2.45, 2.75) is 12.8 Å². The Kier molecular flexibility index (Phi) is 5.09. The van der Waals surface area contributed by atoms with Gasteiger partial charge in [0.15, 0.2) is 0 Å². The number of methoxy groups -OCH3 is 1. The molecule has 0 atom stereocenters. The third-order valence-corrected chi connectivity index (χ3v) is 2.79. The predicted molar refractivity (Wildman–Crippen MR) is 77.8 cm³/mol. The summed E-state index contributed by atoms with van der Waals surface area (Å²) in [7, 11) is 1.60. The molecule has 1 N–H and O–H groups in total. The number of aromatic nitrogens is 2. The molecular formula is C15H17N3O3. The number of aryl methyl sites for hydroxylation is 1. The minimum Gasteiger partial charge on any atom is -0.497 e. The van der Waals surface area contributed by atoms with Crippen molar-refractivity contribution < 1.29 is 13.9 Å². The van der Waals surface area contributed by atoms with Crippen molar-refractivity contribution in [1.29, 1.82) is 0 Å². The van der Waals surface area contributed by atoms with Crippen LogP contribution in [0.1, 0.15) is 12.3 Å². The third kappa shape index (κ3) is 4.17. The predicted octanol–water partition coefficient (Wildman–Crippen LogP) is 1.98. The molecular weight excluding hydrogens is 270 g/mol. The Balaban J connectivity index is 1.97. The molecule has 0 spiro atoms. The zero-order valence-corrected chi connectivity index (χ0v) is 11.8. The zero-order valence-electron chi connectivity index (χ0n) is 11.8. The molecule has 0 bridgehead atoms. The van der Waals surface area contributed by atoms with Crippen LogP contribution in [0.3, 0.4) is 0 Å². The van der Waals surface area contributed by atoms with E-state index in [4.69, 9.17) is 9.15 Å². The number of ether oxygens (including phenoxy) is 1. The first-order valence-electron chi connectivity index (χ1n) is 6.57. The number of carbonyl (C=O) groups excluding carboxylic acids is 1. The molecule has 2 rings (SSSR count). The lowest BCUT2D eigenvalue weighted by Crippen LogP contribution is -2.23. The van der Waals surface area contributed by atoms with E-state index in [1.165, 1.54) is 0 Å². The van der Waals surface area contributed by atoms with Crippen molar-refractivity contribution in [3.05, 3.63) is 42.8 Å². The normalized spacial score (nSPS) is 10.1. The molecule has 0 saturated carbocycles. The van der Waals surface area contributed by atoms with E-state index in [1.807, 2.05) is 24.3 Å². The molecule has 1 aromatic heterocycles. The van der Waals surface area contributed by atoms with E-state index in [-0.39, 0.29) is 5.91 Å². The molecule has 21 heavy (non-hydrogen) atoms. The summed E-state index contributed by atoms with van der Waals surface area (Å²) in [5.74, 6) is 1.49. The van der Waals surface area contributed by atoms with E-state index < -0.39 is 0 Å². The smallest absolute Gasteiger partial charge is 0.247 e. The molecule has 6 nitrogen and oxygen atoms in total. The molecule has 1 aromatic carbocycles. The highest BCUT2D eigenvalue weighted by Crippen LogP contribution is 2.22. The van der Waals surface area contributed by atoms with Gasteiger partial charge >= 0.3 is 0 Å². The largest absolute Gasteiger partial charge is 0.497 e. The highest BCUT2D eigenvalue weighted by molar-refractivity contribution is 5.76. The number of amides is 1. The lowest BCUT2D eigenvalue weighted by atomic mass is 10.2. The Morgan fingerprint density at radius 1 is 1.48 bits per heavy atom. The maximum absolute atomic E-state index is 11.5. The lowest BCUT2D eigenvalue weighted by molar-refractivity contribution is -0.120. The van der Waals surface area contributed by atoms with Gasteiger partial charge in [-0.15, -0.1) is 16.8 Å². The first-order valence-corrected chi connectivity index (χ1v) is 6.57. The van der Waals surface area contributed by atoms with Crippen LogP contribution in [0.5, 0.6) is 5.75 Å². The zero-order chi connectivity index (χ0) is 15.1. The fourth-order valence-corrected chi connectivity index (χ4v) is 1.72. The van der Waals surface area contributed by atoms with E-state index in [0.29, 0.717) is 31.2 Å². The van der Waals surface area contributed by atoms with Gasteiger partial charge in [-0.05, 0) is 18.2 Å². The fourth-order valence-electron chi connectivity index (χ4n) is 1.72. The summed E-state index contributed by atoms with van der Waals surface area (Å²) in [6.07, 6.45) is 2.33. The second kappa shape index (κ2) is 7.23. The summed E-state index contributed by atoms with van der Waals surface area (Å²) < 4.78 is 10.7. The highest BCUT2D eigenvalue weighted by Gasteiger charge is 2.10. The number of benzene rings is 1. The molecule has 0 aliphatic heterocycles. The van der Waals surface area contributed by atoms with Gasteiger partial charge in [-0.25, -0.2) is 0 Å². The van der Waals surface area contributed by atoms with Gasteiger partial charge in [0.1, 0.15) is 5.75 Å². The van der Waals surface area contributed by atoms with Crippen molar-refractivity contribution >= 4 is 5.91 Å². The number of nitrogens with zero attached hydrogens (tertiary/aromatic N) is 2. The van der Waals surface area contributed by atoms with E-state index in [9.17, 15) is 4.79 Å². The molecule has 110 valence electrons. The number of carbonyl (C=O) groups is 1. The Morgan fingerprint density at radius 3 is 3.10 bits per heavy atom. The monoisotopic (exact) mass is 287 g/mol. The molecule has 0 aliphatic rings. The summed E-state index contributed by atoms with van der Waals surface area (Å²) in [6.45, 7) is 3.99. The van der Waals surface area contributed by atoms with Crippen molar-refractivity contribution in [2.75, 3.05) is 13.7 Å². The summed E-state index contributed by atoms with van der Waals surface area (Å²) >= 11 is 0. The Bertz CT molecular complexity index is 622. The van der Waals surface area contributed by atoms with Gasteiger partial charge in [-0.2, -0.15) is 0 Å². The standard InChI is InChI=1S/C15H17N3O3/c1-3-9-16-13(19)7-8-14-17-18-15(21-14)11-5-4-6-12(10-11)20-2/h3-6,10H,1,7-9H2,2H3,(H,16,19). The Hall–Kier alpha value is -2.63. The summed E-state index contributed by atoms with van der Waals surface area (Å²) in [4.78, 5) is 11.5. The van der Waals surface area contributed by atoms with Crippen LogP contribution >= 0.6 is 0 Å². The molecule has 0 fully saturated rings. The van der Waals surface area contributed by atoms with Crippen LogP contribution in [0.2, 0.25) is 0 Å². The van der Waals surface area contributed by atoms with Crippen molar-refractivity contribution in [3.8, 4) is 17.2 Å². The van der Waals surface area contributed by atoms with Crippen molar-refractivity contribution in [3.63, 3.8) is 0 Å². The first kappa shape index (κ1) is 14.8. The van der Waals surface area contributed by atoms with Gasteiger partial charge in [0.2, 0.25) is 17.7 Å². The first-order chi connectivity index (χ1) is 10.2. The van der Waals surface area contributed by atoms with Gasteiger partial charge in [-0.3, -0.25) is 4.79 Å². The van der Waals surface area contributed by atoms with Gasteiger partial charge in [0.25, 0.3) is 0 Å². The van der Waals surface area contributed by atoms with E-state index in [2.05, 4.69) is 22.1 Å². The molecule has 1 heterocycles. The molecule has 0 radical (unpaired) electrons. The average Bonchev–Trinajstić information content (AvgIpc) is 3.00. The number of rotatable bonds is 7. The average molecular weight is 287 g/mol. The summed E-state index contributed by atoms with van der Waals surface area (Å²) in [5.41, 5.74) is 0.782. The van der Waals surface area contributed by atoms with E-state index >= 15 is 0 Å². The van der Waals surface area contributed by atoms with Crippen molar-refractivity contribution in [1.82, 2.24) is 15.5 Å². The van der Waals surface area contributed by atoms with Crippen LogP contribution in [0.15, 0.2) is 41.3 Å². The maximum atomic E-state index is 11.5. The SMILES string of the molecule is C=CCNC(=O)CCc1nnc(-c2cccc(OC)c2)o1. The van der Waals surface area contributed by atoms with Crippen LogP contribution in [-0.2, 0) is 11.2 Å². The van der Waals surface area contributed by atoms with Gasteiger partial charge in [-0.1, -0.05) is 12.1 Å². The topological polar surface area (TPSA) is 77.2 Å². The Morgan fingerprint density at radius 2 is 2.33 bits per heavy atom. The molecule has 0 saturated heterocycles. The summed E-state index contributed by atoms with van der Waals surface area (Å²) in [6, 6.07) is 7.36. The van der Waals surface area contributed by atoms with Gasteiger partial charge in [0, 0.05) is 24.9 Å². The molecule has 2 aromatic rings. The maximum Gasteiger partial charge on any atom is 0.247 e. The molecule has 6 heteroatoms. The van der Waals surface area contributed by atoms with Crippen LogP contribution in [0.4, 0.5) is 0 Å². The molecule has 0 unspecified atom stereocenters. The van der Waals surface area contributed by atoms with Crippen LogP contribution in [-0.4, -0.2) is 29.8 Å². The van der Waals surface area contributed by atoms with Crippen LogP contribution in [0, 0.1) is 0 Å². The fraction of sp³-hybridized carbons (Fsp3) is 0.267. The summed E-state index contributed by atoms with van der Waals surface area (Å²) in [5, 5.41) is 10.6. The van der Waals surface area contributed by atoms with Crippen LogP contribution < -0.4 is 10.1 Å². The highest BCUT2D eigenvalue weighted by atomic mass is 16.5. The minimum atomic E-state index is -0.0731. The van der Waals surface area contributed by atoms with Crippen LogP contribution in [0.25, 0.3) is 11.5 Å². The Labute approximate surface area is 122 Å². The minimum absolute atomic E-state index is 0.0731. The third-order valence-electron chi connectivity index (χ3n) is 2.79. The second-order valence-electron chi connectivity index (χ2n) is 4.33. The second-order valence-corrected chi connectivity index (χ2v) is 4.33. The lowest BCUT2D eigenvalue weighted by Gasteiger charge is -2.00. The van der Waals surface area contributed by atoms with E-state index in [0.717, 1.165) is 11.3 Å².